The minimum atomic E-state index is -0.297. The van der Waals surface area contributed by atoms with E-state index in [2.05, 4.69) is 15.5 Å². The first-order chi connectivity index (χ1) is 15.5. The first-order valence-electron chi connectivity index (χ1n) is 9.92. The molecule has 1 N–H and O–H groups in total. The van der Waals surface area contributed by atoms with E-state index in [1.54, 1.807) is 36.0 Å². The molecule has 0 bridgehead atoms. The quantitative estimate of drug-likeness (QED) is 0.361. The monoisotopic (exact) mass is 466 g/mol. The number of aromatic nitrogens is 3. The molecular weight excluding hydrogens is 447 g/mol. The summed E-state index contributed by atoms with van der Waals surface area (Å²) < 4.78 is 14.9. The summed E-state index contributed by atoms with van der Waals surface area (Å²) >= 11 is 7.69. The van der Waals surface area contributed by atoms with E-state index in [1.807, 2.05) is 47.9 Å². The number of hydrogen-bond donors (Lipinski definition) is 1. The normalized spacial score (nSPS) is 10.8. The van der Waals surface area contributed by atoms with E-state index in [9.17, 15) is 9.18 Å². The summed E-state index contributed by atoms with van der Waals surface area (Å²) in [6, 6.07) is 21.1. The molecule has 4 aromatic rings. The van der Waals surface area contributed by atoms with E-state index in [-0.39, 0.29) is 11.7 Å². The largest absolute Gasteiger partial charge is 0.348 e. The molecule has 162 valence electrons. The zero-order valence-electron chi connectivity index (χ0n) is 17.3. The molecule has 0 atom stereocenters. The van der Waals surface area contributed by atoms with Crippen molar-refractivity contribution in [1.82, 2.24) is 20.1 Å². The molecule has 0 aliphatic carbocycles. The van der Waals surface area contributed by atoms with Gasteiger partial charge in [-0.05, 0) is 60.5 Å². The number of benzene rings is 3. The molecule has 0 saturated carbocycles. The number of thioether (sulfide) groups is 1. The molecule has 0 saturated heterocycles. The van der Waals surface area contributed by atoms with Crippen LogP contribution in [0.5, 0.6) is 0 Å². The summed E-state index contributed by atoms with van der Waals surface area (Å²) in [6.45, 7) is 2.24. The highest BCUT2D eigenvalue weighted by molar-refractivity contribution is 7.98. The van der Waals surface area contributed by atoms with Crippen LogP contribution in [-0.2, 0) is 12.3 Å². The fourth-order valence-corrected chi connectivity index (χ4v) is 4.27. The Balaban J connectivity index is 1.37. The molecule has 0 unspecified atom stereocenters. The number of halogens is 2. The predicted molar refractivity (Wildman–Crippen MR) is 125 cm³/mol. The predicted octanol–water partition coefficient (Wildman–Crippen LogP) is 5.59. The van der Waals surface area contributed by atoms with Crippen LogP contribution in [0, 0.1) is 12.7 Å². The molecule has 0 aliphatic heterocycles. The van der Waals surface area contributed by atoms with Crippen molar-refractivity contribution >= 4 is 29.3 Å². The first-order valence-corrected chi connectivity index (χ1v) is 11.3. The molecule has 8 heteroatoms. The molecule has 1 heterocycles. The highest BCUT2D eigenvalue weighted by atomic mass is 35.5. The second kappa shape index (κ2) is 9.97. The van der Waals surface area contributed by atoms with Crippen LogP contribution in [0.1, 0.15) is 27.3 Å². The van der Waals surface area contributed by atoms with Crippen molar-refractivity contribution in [2.75, 3.05) is 0 Å². The molecular formula is C24H20ClFN4OS. The topological polar surface area (TPSA) is 59.8 Å². The summed E-state index contributed by atoms with van der Waals surface area (Å²) in [6.07, 6.45) is 0. The maximum Gasteiger partial charge on any atom is 0.251 e. The zero-order valence-corrected chi connectivity index (χ0v) is 18.8. The van der Waals surface area contributed by atoms with Crippen LogP contribution in [0.4, 0.5) is 4.39 Å². The standard InChI is InChI=1S/C24H20ClFN4OS/c1-16-28-29-24(30(16)22-4-2-3-20(25)13-22)32-15-18-5-9-19(10-6-18)23(31)27-14-17-7-11-21(26)12-8-17/h2-13H,14-15H2,1H3,(H,27,31). The van der Waals surface area contributed by atoms with Crippen LogP contribution in [0.2, 0.25) is 5.02 Å². The maximum atomic E-state index is 13.0. The van der Waals surface area contributed by atoms with Gasteiger partial charge in [0.25, 0.3) is 5.91 Å². The molecule has 0 radical (unpaired) electrons. The molecule has 1 aromatic heterocycles. The van der Waals surface area contributed by atoms with Gasteiger partial charge in [0, 0.05) is 22.9 Å². The minimum absolute atomic E-state index is 0.176. The summed E-state index contributed by atoms with van der Waals surface area (Å²) in [4.78, 5) is 12.4. The summed E-state index contributed by atoms with van der Waals surface area (Å²) in [5, 5.41) is 12.8. The van der Waals surface area contributed by atoms with Gasteiger partial charge in [-0.3, -0.25) is 9.36 Å². The van der Waals surface area contributed by atoms with Crippen molar-refractivity contribution in [1.29, 1.82) is 0 Å². The highest BCUT2D eigenvalue weighted by Gasteiger charge is 2.12. The number of aryl methyl sites for hydroxylation is 1. The average molecular weight is 467 g/mol. The lowest BCUT2D eigenvalue weighted by molar-refractivity contribution is 0.0951. The zero-order chi connectivity index (χ0) is 22.5. The lowest BCUT2D eigenvalue weighted by Crippen LogP contribution is -2.22. The second-order valence-corrected chi connectivity index (χ2v) is 8.52. The Labute approximate surface area is 194 Å². The first kappa shape index (κ1) is 22.0. The SMILES string of the molecule is Cc1nnc(SCc2ccc(C(=O)NCc3ccc(F)cc3)cc2)n1-c1cccc(Cl)c1. The molecule has 0 aliphatic rings. The second-order valence-electron chi connectivity index (χ2n) is 7.14. The van der Waals surface area contributed by atoms with Gasteiger partial charge in [0.2, 0.25) is 0 Å². The fraction of sp³-hybridized carbons (Fsp3) is 0.125. The Kier molecular flexibility index (Phi) is 6.87. The number of carbonyl (C=O) groups excluding carboxylic acids is 1. The third kappa shape index (κ3) is 5.36. The molecule has 0 spiro atoms. The maximum absolute atomic E-state index is 13.0. The lowest BCUT2D eigenvalue weighted by Gasteiger charge is -2.09. The van der Waals surface area contributed by atoms with Gasteiger partial charge in [-0.1, -0.05) is 53.7 Å². The van der Waals surface area contributed by atoms with Gasteiger partial charge in [-0.2, -0.15) is 0 Å². The minimum Gasteiger partial charge on any atom is -0.348 e. The molecule has 32 heavy (non-hydrogen) atoms. The van der Waals surface area contributed by atoms with Crippen molar-refractivity contribution < 1.29 is 9.18 Å². The van der Waals surface area contributed by atoms with E-state index in [4.69, 9.17) is 11.6 Å². The Morgan fingerprint density at radius 1 is 1.03 bits per heavy atom. The average Bonchev–Trinajstić information content (AvgIpc) is 3.17. The van der Waals surface area contributed by atoms with Crippen molar-refractivity contribution in [3.8, 4) is 5.69 Å². The number of rotatable bonds is 7. The van der Waals surface area contributed by atoms with Crippen LogP contribution in [-0.4, -0.2) is 20.7 Å². The van der Waals surface area contributed by atoms with Crippen molar-refractivity contribution in [3.05, 3.63) is 106 Å². The molecule has 4 rings (SSSR count). The molecule has 3 aromatic carbocycles. The van der Waals surface area contributed by atoms with E-state index in [1.165, 1.54) is 12.1 Å². The van der Waals surface area contributed by atoms with Gasteiger partial charge in [0.05, 0.1) is 5.69 Å². The number of hydrogen-bond acceptors (Lipinski definition) is 4. The Hall–Kier alpha value is -3.16. The number of nitrogens with one attached hydrogen (secondary N) is 1. The third-order valence-electron chi connectivity index (χ3n) is 4.81. The highest BCUT2D eigenvalue weighted by Crippen LogP contribution is 2.26. The molecule has 0 fully saturated rings. The Morgan fingerprint density at radius 2 is 1.75 bits per heavy atom. The molecule has 5 nitrogen and oxygen atoms in total. The van der Waals surface area contributed by atoms with E-state index in [0.29, 0.717) is 22.9 Å². The third-order valence-corrected chi connectivity index (χ3v) is 6.05. The number of carbonyl (C=O) groups is 1. The number of nitrogens with zero attached hydrogens (tertiary/aromatic N) is 3. The van der Waals surface area contributed by atoms with Gasteiger partial charge in [-0.15, -0.1) is 10.2 Å². The van der Waals surface area contributed by atoms with E-state index < -0.39 is 0 Å². The fourth-order valence-electron chi connectivity index (χ4n) is 3.14. The van der Waals surface area contributed by atoms with Gasteiger partial charge in [0.1, 0.15) is 11.6 Å². The van der Waals surface area contributed by atoms with Crippen LogP contribution < -0.4 is 5.32 Å². The van der Waals surface area contributed by atoms with Crippen molar-refractivity contribution in [3.63, 3.8) is 0 Å². The van der Waals surface area contributed by atoms with Crippen LogP contribution in [0.15, 0.2) is 78.0 Å². The summed E-state index contributed by atoms with van der Waals surface area (Å²) in [5.74, 6) is 0.984. The van der Waals surface area contributed by atoms with Gasteiger partial charge in [-0.25, -0.2) is 4.39 Å². The van der Waals surface area contributed by atoms with Gasteiger partial charge < -0.3 is 5.32 Å². The van der Waals surface area contributed by atoms with Crippen molar-refractivity contribution in [2.45, 2.75) is 24.4 Å². The van der Waals surface area contributed by atoms with Crippen LogP contribution >= 0.6 is 23.4 Å². The van der Waals surface area contributed by atoms with Crippen molar-refractivity contribution in [2.24, 2.45) is 0 Å². The van der Waals surface area contributed by atoms with E-state index >= 15 is 0 Å². The summed E-state index contributed by atoms with van der Waals surface area (Å²) in [7, 11) is 0. The smallest absolute Gasteiger partial charge is 0.251 e. The van der Waals surface area contributed by atoms with Gasteiger partial charge >= 0.3 is 0 Å². The summed E-state index contributed by atoms with van der Waals surface area (Å²) in [5.41, 5.74) is 3.38. The van der Waals surface area contributed by atoms with Crippen LogP contribution in [0.3, 0.4) is 0 Å². The number of amides is 1. The Morgan fingerprint density at radius 3 is 2.47 bits per heavy atom. The van der Waals surface area contributed by atoms with Gasteiger partial charge in [0.15, 0.2) is 5.16 Å². The van der Waals surface area contributed by atoms with E-state index in [0.717, 1.165) is 27.8 Å². The molecule has 1 amide bonds. The van der Waals surface area contributed by atoms with Crippen LogP contribution in [0.25, 0.3) is 5.69 Å². The Bertz CT molecular complexity index is 1230. The lowest BCUT2D eigenvalue weighted by atomic mass is 10.1.